The standard InChI is InChI=1S/C5H12O2Si/c6-4-8(5-7)2-1-3-8/h6-7H,1-5H2. The Hall–Kier alpha value is 0.137. The Bertz CT molecular complexity index is 67.0. The lowest BCUT2D eigenvalue weighted by atomic mass is 10.5. The van der Waals surface area contributed by atoms with Crippen LogP contribution in [-0.2, 0) is 0 Å². The van der Waals surface area contributed by atoms with E-state index in [1.807, 2.05) is 0 Å². The fraction of sp³-hybridized carbons (Fsp3) is 1.00. The van der Waals surface area contributed by atoms with Gasteiger partial charge in [0.15, 0.2) is 0 Å². The van der Waals surface area contributed by atoms with Gasteiger partial charge in [-0.05, 0) is 0 Å². The van der Waals surface area contributed by atoms with Crippen LogP contribution in [0, 0.1) is 0 Å². The molecule has 0 aromatic rings. The van der Waals surface area contributed by atoms with Gasteiger partial charge >= 0.3 is 0 Å². The summed E-state index contributed by atoms with van der Waals surface area (Å²) in [6, 6.07) is 2.28. The van der Waals surface area contributed by atoms with Crippen LogP contribution in [0.15, 0.2) is 0 Å². The Morgan fingerprint density at radius 1 is 1.12 bits per heavy atom. The molecule has 8 heavy (non-hydrogen) atoms. The van der Waals surface area contributed by atoms with Gasteiger partial charge in [0, 0.05) is 12.5 Å². The van der Waals surface area contributed by atoms with E-state index in [1.165, 1.54) is 6.42 Å². The van der Waals surface area contributed by atoms with E-state index in [0.717, 1.165) is 12.1 Å². The van der Waals surface area contributed by atoms with Crippen molar-refractivity contribution in [1.29, 1.82) is 0 Å². The summed E-state index contributed by atoms with van der Waals surface area (Å²) in [5.41, 5.74) is 0. The highest BCUT2D eigenvalue weighted by Crippen LogP contribution is 2.30. The van der Waals surface area contributed by atoms with E-state index in [9.17, 15) is 0 Å². The molecule has 0 radical (unpaired) electrons. The summed E-state index contributed by atoms with van der Waals surface area (Å²) < 4.78 is 0. The van der Waals surface area contributed by atoms with Crippen molar-refractivity contribution in [3.8, 4) is 0 Å². The van der Waals surface area contributed by atoms with Gasteiger partial charge in [0.2, 0.25) is 0 Å². The zero-order valence-corrected chi connectivity index (χ0v) is 5.93. The van der Waals surface area contributed by atoms with Gasteiger partial charge in [-0.3, -0.25) is 0 Å². The first-order valence-corrected chi connectivity index (χ1v) is 5.88. The van der Waals surface area contributed by atoms with Crippen molar-refractivity contribution in [2.24, 2.45) is 0 Å². The highest BCUT2D eigenvalue weighted by Gasteiger charge is 2.38. The molecule has 1 fully saturated rings. The second-order valence-electron chi connectivity index (χ2n) is 2.67. The average Bonchev–Trinajstić information content (AvgIpc) is 1.67. The van der Waals surface area contributed by atoms with Gasteiger partial charge in [0.05, 0.1) is 0 Å². The van der Waals surface area contributed by atoms with Crippen LogP contribution in [0.4, 0.5) is 0 Å². The largest absolute Gasteiger partial charge is 0.400 e. The van der Waals surface area contributed by atoms with Gasteiger partial charge in [-0.15, -0.1) is 0 Å². The van der Waals surface area contributed by atoms with Crippen LogP contribution in [-0.4, -0.2) is 30.7 Å². The molecule has 1 rings (SSSR count). The second kappa shape index (κ2) is 2.17. The van der Waals surface area contributed by atoms with Crippen molar-refractivity contribution in [1.82, 2.24) is 0 Å². The van der Waals surface area contributed by atoms with E-state index >= 15 is 0 Å². The molecule has 0 aromatic carbocycles. The highest BCUT2D eigenvalue weighted by atomic mass is 28.3. The molecule has 0 unspecified atom stereocenters. The predicted octanol–water partition coefficient (Wildman–Crippen LogP) is -0.0981. The third-order valence-corrected chi connectivity index (χ3v) is 6.26. The zero-order chi connectivity index (χ0) is 6.04. The van der Waals surface area contributed by atoms with E-state index in [0.29, 0.717) is 12.5 Å². The Labute approximate surface area is 50.2 Å². The summed E-state index contributed by atoms with van der Waals surface area (Å²) in [7, 11) is -1.38. The summed E-state index contributed by atoms with van der Waals surface area (Å²) in [6.45, 7) is 0. The van der Waals surface area contributed by atoms with Gasteiger partial charge < -0.3 is 10.2 Å². The number of hydrogen-bond donors (Lipinski definition) is 2. The highest BCUT2D eigenvalue weighted by molar-refractivity contribution is 6.82. The Morgan fingerprint density at radius 3 is 1.62 bits per heavy atom. The molecule has 2 nitrogen and oxygen atoms in total. The molecule has 48 valence electrons. The van der Waals surface area contributed by atoms with Crippen molar-refractivity contribution in [3.63, 3.8) is 0 Å². The minimum absolute atomic E-state index is 0.295. The molecule has 1 aliphatic rings. The van der Waals surface area contributed by atoms with Crippen LogP contribution >= 0.6 is 0 Å². The molecule has 1 saturated heterocycles. The van der Waals surface area contributed by atoms with Crippen LogP contribution in [0.25, 0.3) is 0 Å². The second-order valence-corrected chi connectivity index (χ2v) is 7.30. The molecular formula is C5H12O2Si. The third-order valence-electron chi connectivity index (χ3n) is 2.09. The molecule has 0 atom stereocenters. The number of rotatable bonds is 2. The Kier molecular flexibility index (Phi) is 1.70. The van der Waals surface area contributed by atoms with Gasteiger partial charge in [0.1, 0.15) is 8.07 Å². The maximum Gasteiger partial charge on any atom is 0.112 e. The first kappa shape index (κ1) is 6.26. The summed E-state index contributed by atoms with van der Waals surface area (Å²) >= 11 is 0. The van der Waals surface area contributed by atoms with E-state index in [1.54, 1.807) is 0 Å². The summed E-state index contributed by atoms with van der Waals surface area (Å²) in [5.74, 6) is 0. The molecule has 0 aliphatic carbocycles. The summed E-state index contributed by atoms with van der Waals surface area (Å²) in [6.07, 6.45) is 1.82. The predicted molar refractivity (Wildman–Crippen MR) is 34.2 cm³/mol. The van der Waals surface area contributed by atoms with Gasteiger partial charge in [-0.2, -0.15) is 0 Å². The van der Waals surface area contributed by atoms with Crippen molar-refractivity contribution in [2.75, 3.05) is 12.5 Å². The molecule has 0 amide bonds. The molecule has 3 heteroatoms. The molecule has 1 aliphatic heterocycles. The topological polar surface area (TPSA) is 40.5 Å². The average molecular weight is 132 g/mol. The smallest absolute Gasteiger partial charge is 0.112 e. The van der Waals surface area contributed by atoms with Crippen molar-refractivity contribution < 1.29 is 10.2 Å². The molecule has 0 aromatic heterocycles. The first-order valence-electron chi connectivity index (χ1n) is 3.05. The zero-order valence-electron chi connectivity index (χ0n) is 4.93. The van der Waals surface area contributed by atoms with Crippen molar-refractivity contribution in [2.45, 2.75) is 18.5 Å². The van der Waals surface area contributed by atoms with Gasteiger partial charge in [0.25, 0.3) is 0 Å². The number of hydrogen-bond acceptors (Lipinski definition) is 2. The minimum Gasteiger partial charge on any atom is -0.400 e. The van der Waals surface area contributed by atoms with Crippen LogP contribution < -0.4 is 0 Å². The quantitative estimate of drug-likeness (QED) is 0.515. The van der Waals surface area contributed by atoms with Crippen molar-refractivity contribution >= 4 is 8.07 Å². The lowest BCUT2D eigenvalue weighted by Crippen LogP contribution is -2.49. The fourth-order valence-electron chi connectivity index (χ4n) is 1.04. The Morgan fingerprint density at radius 2 is 1.62 bits per heavy atom. The van der Waals surface area contributed by atoms with E-state index in [4.69, 9.17) is 10.2 Å². The van der Waals surface area contributed by atoms with E-state index in [2.05, 4.69) is 0 Å². The molecule has 1 heterocycles. The summed E-state index contributed by atoms with van der Waals surface area (Å²) in [4.78, 5) is 0. The van der Waals surface area contributed by atoms with Gasteiger partial charge in [-0.25, -0.2) is 0 Å². The minimum atomic E-state index is -1.38. The van der Waals surface area contributed by atoms with Crippen LogP contribution in [0.2, 0.25) is 12.1 Å². The van der Waals surface area contributed by atoms with Crippen LogP contribution in [0.3, 0.4) is 0 Å². The maximum absolute atomic E-state index is 8.74. The van der Waals surface area contributed by atoms with Crippen molar-refractivity contribution in [3.05, 3.63) is 0 Å². The monoisotopic (exact) mass is 132 g/mol. The van der Waals surface area contributed by atoms with E-state index < -0.39 is 8.07 Å². The van der Waals surface area contributed by atoms with Gasteiger partial charge in [-0.1, -0.05) is 18.5 Å². The third kappa shape index (κ3) is 0.810. The first-order chi connectivity index (χ1) is 3.83. The SMILES string of the molecule is OC[Si]1(CO)CCC1. The lowest BCUT2D eigenvalue weighted by molar-refractivity contribution is 0.312. The Balaban J connectivity index is 2.33. The lowest BCUT2D eigenvalue weighted by Gasteiger charge is -2.35. The van der Waals surface area contributed by atoms with Crippen LogP contribution in [0.1, 0.15) is 6.42 Å². The number of aliphatic hydroxyl groups excluding tert-OH is 2. The summed E-state index contributed by atoms with van der Waals surface area (Å²) in [5, 5.41) is 17.5. The van der Waals surface area contributed by atoms with Crippen LogP contribution in [0.5, 0.6) is 0 Å². The molecule has 0 spiro atoms. The maximum atomic E-state index is 8.74. The number of aliphatic hydroxyl groups is 2. The normalized spacial score (nSPS) is 24.8. The molecule has 2 N–H and O–H groups in total. The fourth-order valence-corrected chi connectivity index (χ4v) is 3.13. The molecule has 0 saturated carbocycles. The molecule has 0 bridgehead atoms. The van der Waals surface area contributed by atoms with E-state index in [-0.39, 0.29) is 0 Å². The molecular weight excluding hydrogens is 120 g/mol.